The van der Waals surface area contributed by atoms with Crippen LogP contribution >= 0.6 is 7.82 Å². The first-order valence-electron chi connectivity index (χ1n) is 34.5. The number of unbranched alkanes of at least 4 members (excludes halogenated alkanes) is 47. The summed E-state index contributed by atoms with van der Waals surface area (Å²) in [5.41, 5.74) is 0. The van der Waals surface area contributed by atoms with E-state index < -0.39 is 26.5 Å². The van der Waals surface area contributed by atoms with Gasteiger partial charge in [-0.25, -0.2) is 0 Å². The van der Waals surface area contributed by atoms with Gasteiger partial charge in [0, 0.05) is 12.8 Å². The van der Waals surface area contributed by atoms with E-state index in [4.69, 9.17) is 18.5 Å². The summed E-state index contributed by atoms with van der Waals surface area (Å²) in [6.45, 7) is 4.31. The molecule has 0 aliphatic carbocycles. The minimum Gasteiger partial charge on any atom is -0.756 e. The number of quaternary nitrogens is 1. The SMILES string of the molecule is CCCCCCC/C=C\C/C=C\CCCCCCCCCCCCCCCCCC(=O)OC(COC(=O)CCCCCCCCCCCCCCCCCCCCCCCCCCCCCC)COP(=O)([O-])OCC[N+](C)(C)C. The van der Waals surface area contributed by atoms with E-state index in [1.807, 2.05) is 21.1 Å². The van der Waals surface area contributed by atoms with Gasteiger partial charge in [0.25, 0.3) is 7.82 Å². The fourth-order valence-corrected chi connectivity index (χ4v) is 11.1. The molecule has 0 saturated carbocycles. The van der Waals surface area contributed by atoms with E-state index in [1.54, 1.807) is 0 Å². The Hall–Kier alpha value is -1.51. The molecule has 0 aromatic rings. The molecule has 9 nitrogen and oxygen atoms in total. The third-order valence-corrected chi connectivity index (χ3v) is 16.7. The molecule has 0 fully saturated rings. The Morgan fingerprint density at radius 2 is 0.684 bits per heavy atom. The van der Waals surface area contributed by atoms with Crippen LogP contribution < -0.4 is 4.89 Å². The van der Waals surface area contributed by atoms with Crippen molar-refractivity contribution in [2.24, 2.45) is 0 Å². The van der Waals surface area contributed by atoms with E-state index in [0.29, 0.717) is 17.4 Å². The average Bonchev–Trinajstić information content (AvgIpc) is 3.41. The Morgan fingerprint density at radius 3 is 1.00 bits per heavy atom. The summed E-state index contributed by atoms with van der Waals surface area (Å²) in [7, 11) is 1.19. The van der Waals surface area contributed by atoms with Crippen molar-refractivity contribution >= 4 is 19.8 Å². The van der Waals surface area contributed by atoms with Gasteiger partial charge in [-0.1, -0.05) is 321 Å². The molecule has 0 amide bonds. The van der Waals surface area contributed by atoms with Gasteiger partial charge in [-0.2, -0.15) is 0 Å². The second kappa shape index (κ2) is 61.1. The molecule has 0 N–H and O–H groups in total. The number of hydrogen-bond acceptors (Lipinski definition) is 8. The molecule has 2 atom stereocenters. The number of rotatable bonds is 65. The molecule has 0 saturated heterocycles. The maximum absolute atomic E-state index is 12.9. The Bertz CT molecular complexity index is 1380. The van der Waals surface area contributed by atoms with Crippen molar-refractivity contribution in [3.8, 4) is 0 Å². The molecular weight excluding hydrogens is 1000 g/mol. The molecule has 0 heterocycles. The van der Waals surface area contributed by atoms with E-state index in [1.165, 1.54) is 283 Å². The van der Waals surface area contributed by atoms with Crippen LogP contribution in [-0.2, 0) is 32.7 Å². The summed E-state index contributed by atoms with van der Waals surface area (Å²) in [5, 5.41) is 0. The zero-order valence-electron chi connectivity index (χ0n) is 53.4. The largest absolute Gasteiger partial charge is 0.756 e. The summed E-state index contributed by atoms with van der Waals surface area (Å²) in [5.74, 6) is -0.811. The van der Waals surface area contributed by atoms with Crippen LogP contribution in [0.15, 0.2) is 24.3 Å². The van der Waals surface area contributed by atoms with Gasteiger partial charge in [-0.15, -0.1) is 0 Å². The van der Waals surface area contributed by atoms with Crippen LogP contribution in [0.1, 0.15) is 354 Å². The number of phosphoric acid groups is 1. The normalized spacial score (nSPS) is 13.2. The van der Waals surface area contributed by atoms with Gasteiger partial charge in [0.05, 0.1) is 27.7 Å². The third kappa shape index (κ3) is 65.5. The first-order chi connectivity index (χ1) is 38.5. The highest BCUT2D eigenvalue weighted by atomic mass is 31.2. The summed E-state index contributed by atoms with van der Waals surface area (Å²) >= 11 is 0. The van der Waals surface area contributed by atoms with E-state index in [9.17, 15) is 19.0 Å². The zero-order chi connectivity index (χ0) is 57.7. The Balaban J connectivity index is 4.01. The molecule has 79 heavy (non-hydrogen) atoms. The number of hydrogen-bond donors (Lipinski definition) is 0. The molecule has 0 aliphatic rings. The highest BCUT2D eigenvalue weighted by Gasteiger charge is 2.22. The number of ether oxygens (including phenoxy) is 2. The maximum atomic E-state index is 12.9. The fraction of sp³-hybridized carbons (Fsp3) is 0.913. The summed E-state index contributed by atoms with van der Waals surface area (Å²) in [6, 6.07) is 0. The van der Waals surface area contributed by atoms with Crippen molar-refractivity contribution in [1.29, 1.82) is 0 Å². The maximum Gasteiger partial charge on any atom is 0.306 e. The van der Waals surface area contributed by atoms with E-state index in [0.717, 1.165) is 38.5 Å². The summed E-state index contributed by atoms with van der Waals surface area (Å²) < 4.78 is 34.3. The van der Waals surface area contributed by atoms with E-state index in [-0.39, 0.29) is 32.0 Å². The number of likely N-dealkylation sites (N-methyl/N-ethyl adjacent to an activating group) is 1. The van der Waals surface area contributed by atoms with Gasteiger partial charge in [0.15, 0.2) is 6.10 Å². The molecule has 0 aliphatic heterocycles. The van der Waals surface area contributed by atoms with Crippen LogP contribution in [0, 0.1) is 0 Å². The lowest BCUT2D eigenvalue weighted by atomic mass is 10.0. The molecule has 0 bridgehead atoms. The average molecular weight is 1140 g/mol. The number of nitrogens with zero attached hydrogens (tertiary/aromatic N) is 1. The molecule has 0 spiro atoms. The van der Waals surface area contributed by atoms with Crippen LogP contribution in [0.5, 0.6) is 0 Å². The van der Waals surface area contributed by atoms with Crippen LogP contribution in [0.25, 0.3) is 0 Å². The Kier molecular flexibility index (Phi) is 59.9. The Labute approximate surface area is 491 Å². The molecule has 0 radical (unpaired) electrons. The molecular formula is C69H134NO8P. The third-order valence-electron chi connectivity index (χ3n) is 15.7. The topological polar surface area (TPSA) is 111 Å². The number of carbonyl (C=O) groups excluding carboxylic acids is 2. The number of carbonyl (C=O) groups is 2. The van der Waals surface area contributed by atoms with Crippen molar-refractivity contribution in [2.75, 3.05) is 47.5 Å². The first-order valence-corrected chi connectivity index (χ1v) is 36.0. The second-order valence-electron chi connectivity index (χ2n) is 24.9. The van der Waals surface area contributed by atoms with Gasteiger partial charge in [-0.3, -0.25) is 14.2 Å². The fourth-order valence-electron chi connectivity index (χ4n) is 10.4. The first kappa shape index (κ1) is 77.5. The van der Waals surface area contributed by atoms with Gasteiger partial charge in [-0.05, 0) is 44.9 Å². The van der Waals surface area contributed by atoms with Crippen LogP contribution in [0.3, 0.4) is 0 Å². The Morgan fingerprint density at radius 1 is 0.392 bits per heavy atom. The molecule has 10 heteroatoms. The number of phosphoric ester groups is 1. The van der Waals surface area contributed by atoms with Crippen LogP contribution in [0.4, 0.5) is 0 Å². The second-order valence-corrected chi connectivity index (χ2v) is 26.3. The zero-order valence-corrected chi connectivity index (χ0v) is 54.2. The van der Waals surface area contributed by atoms with Crippen molar-refractivity contribution in [3.05, 3.63) is 24.3 Å². The van der Waals surface area contributed by atoms with Crippen LogP contribution in [0.2, 0.25) is 0 Å². The van der Waals surface area contributed by atoms with E-state index >= 15 is 0 Å². The van der Waals surface area contributed by atoms with Crippen molar-refractivity contribution < 1.29 is 42.1 Å². The molecule has 2 unspecified atom stereocenters. The summed E-state index contributed by atoms with van der Waals surface area (Å²) in [4.78, 5) is 38.0. The molecule has 468 valence electrons. The minimum absolute atomic E-state index is 0.0274. The highest BCUT2D eigenvalue weighted by molar-refractivity contribution is 7.45. The number of esters is 2. The monoisotopic (exact) mass is 1140 g/mol. The lowest BCUT2D eigenvalue weighted by Gasteiger charge is -2.28. The van der Waals surface area contributed by atoms with Gasteiger partial charge < -0.3 is 27.9 Å². The highest BCUT2D eigenvalue weighted by Crippen LogP contribution is 2.38. The van der Waals surface area contributed by atoms with Crippen molar-refractivity contribution in [3.63, 3.8) is 0 Å². The molecule has 0 rings (SSSR count). The van der Waals surface area contributed by atoms with Crippen LogP contribution in [-0.4, -0.2) is 70.0 Å². The van der Waals surface area contributed by atoms with Gasteiger partial charge in [0.2, 0.25) is 0 Å². The van der Waals surface area contributed by atoms with Gasteiger partial charge >= 0.3 is 11.9 Å². The van der Waals surface area contributed by atoms with Crippen molar-refractivity contribution in [1.82, 2.24) is 0 Å². The molecule has 0 aromatic heterocycles. The predicted octanol–water partition coefficient (Wildman–Crippen LogP) is 21.5. The lowest BCUT2D eigenvalue weighted by molar-refractivity contribution is -0.870. The molecule has 0 aromatic carbocycles. The quantitative estimate of drug-likeness (QED) is 0.0195. The lowest BCUT2D eigenvalue weighted by Crippen LogP contribution is -2.37. The van der Waals surface area contributed by atoms with E-state index in [2.05, 4.69) is 38.2 Å². The smallest absolute Gasteiger partial charge is 0.306 e. The predicted molar refractivity (Wildman–Crippen MR) is 338 cm³/mol. The summed E-state index contributed by atoms with van der Waals surface area (Å²) in [6.07, 6.45) is 75.4. The van der Waals surface area contributed by atoms with Gasteiger partial charge in [0.1, 0.15) is 19.8 Å². The minimum atomic E-state index is -4.64. The standard InChI is InChI=1S/C69H134NO8P/c1-6-8-10-12-14-16-18-20-22-24-26-28-30-32-34-36-37-39-41-43-45-47-49-51-53-55-57-59-61-68(71)75-65-67(66-77-79(73,74)76-64-63-70(3,4)5)78-69(72)62-60-58-56-54-52-50-48-46-44-42-40-38-35-33-31-29-27-25-23-21-19-17-15-13-11-9-7-2/h19,21,25,27,67H,6-18,20,22-24,26,28-66H2,1-5H3/b21-19-,27-25-. The number of allylic oxidation sites excluding steroid dienone is 4. The van der Waals surface area contributed by atoms with Crippen molar-refractivity contribution in [2.45, 2.75) is 360 Å².